The van der Waals surface area contributed by atoms with E-state index >= 15 is 0 Å². The van der Waals surface area contributed by atoms with Crippen LogP contribution < -0.4 is 0 Å². The molecule has 0 saturated heterocycles. The quantitative estimate of drug-likeness (QED) is 0.928. The van der Waals surface area contributed by atoms with Gasteiger partial charge in [-0.15, -0.1) is 0 Å². The highest BCUT2D eigenvalue weighted by atomic mass is 79.9. The fourth-order valence-electron chi connectivity index (χ4n) is 1.45. The van der Waals surface area contributed by atoms with E-state index in [-0.39, 0.29) is 12.2 Å². The molecular weight excluding hydrogens is 292 g/mol. The molecule has 1 N–H and O–H groups in total. The summed E-state index contributed by atoms with van der Waals surface area (Å²) in [5.41, 5.74) is 1.78. The molecular formula is C11H15BrO3S. The van der Waals surface area contributed by atoms with Gasteiger partial charge in [-0.1, -0.05) is 22.0 Å². The van der Waals surface area contributed by atoms with Crippen molar-refractivity contribution in [2.45, 2.75) is 19.4 Å². The van der Waals surface area contributed by atoms with Gasteiger partial charge in [-0.2, -0.15) is 0 Å². The number of aryl methyl sites for hydroxylation is 1. The van der Waals surface area contributed by atoms with Crippen molar-refractivity contribution in [3.8, 4) is 0 Å². The number of hydrogen-bond donors (Lipinski definition) is 1. The lowest BCUT2D eigenvalue weighted by Gasteiger charge is -2.11. The molecule has 0 aliphatic heterocycles. The number of benzene rings is 1. The van der Waals surface area contributed by atoms with Crippen LogP contribution in [0.15, 0.2) is 22.7 Å². The van der Waals surface area contributed by atoms with E-state index < -0.39 is 15.9 Å². The summed E-state index contributed by atoms with van der Waals surface area (Å²) in [5, 5.41) is 9.85. The Morgan fingerprint density at radius 2 is 2.00 bits per heavy atom. The molecule has 0 spiro atoms. The van der Waals surface area contributed by atoms with E-state index in [0.29, 0.717) is 0 Å². The minimum Gasteiger partial charge on any atom is -0.388 e. The van der Waals surface area contributed by atoms with Gasteiger partial charge < -0.3 is 5.11 Å². The van der Waals surface area contributed by atoms with Crippen molar-refractivity contribution in [3.05, 3.63) is 33.8 Å². The van der Waals surface area contributed by atoms with Crippen molar-refractivity contribution in [2.75, 3.05) is 12.0 Å². The summed E-state index contributed by atoms with van der Waals surface area (Å²) in [7, 11) is -3.02. The van der Waals surface area contributed by atoms with Crippen molar-refractivity contribution >= 4 is 25.8 Å². The number of rotatable bonds is 4. The molecule has 1 aromatic rings. The van der Waals surface area contributed by atoms with E-state index in [1.807, 2.05) is 19.1 Å². The summed E-state index contributed by atoms with van der Waals surface area (Å²) in [4.78, 5) is 0. The average Bonchev–Trinajstić information content (AvgIpc) is 2.11. The largest absolute Gasteiger partial charge is 0.388 e. The Morgan fingerprint density at radius 3 is 2.50 bits per heavy atom. The third-order valence-electron chi connectivity index (χ3n) is 2.21. The number of halogens is 1. The minimum atomic E-state index is -3.02. The standard InChI is InChI=1S/C11H15BrO3S/c1-8-5-9(7-10(12)6-8)11(13)3-4-16(2,14)15/h5-7,11,13H,3-4H2,1-2H3. The predicted octanol–water partition coefficient (Wildman–Crippen LogP) is 2.23. The Labute approximate surface area is 105 Å². The lowest BCUT2D eigenvalue weighted by Crippen LogP contribution is -2.08. The summed E-state index contributed by atoms with van der Waals surface area (Å²) < 4.78 is 22.9. The van der Waals surface area contributed by atoms with Crippen molar-refractivity contribution in [1.29, 1.82) is 0 Å². The van der Waals surface area contributed by atoms with Crippen LogP contribution >= 0.6 is 15.9 Å². The molecule has 1 rings (SSSR count). The average molecular weight is 307 g/mol. The van der Waals surface area contributed by atoms with Crippen LogP contribution in [0, 0.1) is 6.92 Å². The molecule has 0 fully saturated rings. The first-order chi connectivity index (χ1) is 7.28. The first-order valence-corrected chi connectivity index (χ1v) is 7.76. The second-order valence-corrected chi connectivity index (χ2v) is 7.17. The Morgan fingerprint density at radius 1 is 1.38 bits per heavy atom. The lowest BCUT2D eigenvalue weighted by atomic mass is 10.1. The maximum absolute atomic E-state index is 11.0. The monoisotopic (exact) mass is 306 g/mol. The fourth-order valence-corrected chi connectivity index (χ4v) is 2.73. The zero-order chi connectivity index (χ0) is 12.3. The van der Waals surface area contributed by atoms with Gasteiger partial charge in [0, 0.05) is 10.7 Å². The second-order valence-electron chi connectivity index (χ2n) is 4.00. The summed E-state index contributed by atoms with van der Waals surface area (Å²) in [6, 6.07) is 5.60. The molecule has 0 aliphatic carbocycles. The van der Waals surface area contributed by atoms with Crippen LogP contribution in [-0.2, 0) is 9.84 Å². The van der Waals surface area contributed by atoms with Crippen molar-refractivity contribution in [1.82, 2.24) is 0 Å². The van der Waals surface area contributed by atoms with Gasteiger partial charge >= 0.3 is 0 Å². The normalized spacial score (nSPS) is 13.8. The van der Waals surface area contributed by atoms with Gasteiger partial charge in [0.1, 0.15) is 9.84 Å². The van der Waals surface area contributed by atoms with Gasteiger partial charge in [0.25, 0.3) is 0 Å². The van der Waals surface area contributed by atoms with Crippen molar-refractivity contribution < 1.29 is 13.5 Å². The SMILES string of the molecule is Cc1cc(Br)cc(C(O)CCS(C)(=O)=O)c1. The zero-order valence-electron chi connectivity index (χ0n) is 9.27. The molecule has 0 radical (unpaired) electrons. The number of aliphatic hydroxyl groups is 1. The Bertz CT molecular complexity index is 448. The summed E-state index contributed by atoms with van der Waals surface area (Å²) in [5.74, 6) is -0.000270. The Balaban J connectivity index is 2.76. The molecule has 90 valence electrons. The summed E-state index contributed by atoms with van der Waals surface area (Å²) >= 11 is 3.34. The fraction of sp³-hybridized carbons (Fsp3) is 0.455. The topological polar surface area (TPSA) is 54.4 Å². The third kappa shape index (κ3) is 4.63. The zero-order valence-corrected chi connectivity index (χ0v) is 11.7. The molecule has 16 heavy (non-hydrogen) atoms. The third-order valence-corrected chi connectivity index (χ3v) is 3.65. The molecule has 0 amide bonds. The van der Waals surface area contributed by atoms with Gasteiger partial charge in [-0.25, -0.2) is 8.42 Å². The minimum absolute atomic E-state index is 0.000270. The molecule has 0 aliphatic rings. The Hall–Kier alpha value is -0.390. The molecule has 0 saturated carbocycles. The van der Waals surface area contributed by atoms with Crippen LogP contribution in [0.1, 0.15) is 23.7 Å². The highest BCUT2D eigenvalue weighted by Gasteiger charge is 2.12. The molecule has 0 aromatic heterocycles. The Kier molecular flexibility index (Phi) is 4.52. The first kappa shape index (κ1) is 13.7. The van der Waals surface area contributed by atoms with Crippen LogP contribution in [0.25, 0.3) is 0 Å². The molecule has 1 unspecified atom stereocenters. The maximum atomic E-state index is 11.0. The van der Waals surface area contributed by atoms with Crippen molar-refractivity contribution in [2.24, 2.45) is 0 Å². The molecule has 1 aromatic carbocycles. The van der Waals surface area contributed by atoms with Gasteiger partial charge in [0.2, 0.25) is 0 Å². The molecule has 0 bridgehead atoms. The van der Waals surface area contributed by atoms with Gasteiger partial charge in [0.15, 0.2) is 0 Å². The van der Waals surface area contributed by atoms with E-state index in [4.69, 9.17) is 0 Å². The highest BCUT2D eigenvalue weighted by Crippen LogP contribution is 2.23. The second kappa shape index (κ2) is 5.29. The van der Waals surface area contributed by atoms with E-state index in [2.05, 4.69) is 15.9 Å². The van der Waals surface area contributed by atoms with Gasteiger partial charge in [-0.05, 0) is 36.6 Å². The van der Waals surface area contributed by atoms with Crippen LogP contribution in [0.4, 0.5) is 0 Å². The van der Waals surface area contributed by atoms with E-state index in [0.717, 1.165) is 15.6 Å². The number of aliphatic hydroxyl groups excluding tert-OH is 1. The molecule has 3 nitrogen and oxygen atoms in total. The van der Waals surface area contributed by atoms with E-state index in [1.165, 1.54) is 6.26 Å². The predicted molar refractivity (Wildman–Crippen MR) is 68.2 cm³/mol. The smallest absolute Gasteiger partial charge is 0.147 e. The van der Waals surface area contributed by atoms with Crippen molar-refractivity contribution in [3.63, 3.8) is 0 Å². The highest BCUT2D eigenvalue weighted by molar-refractivity contribution is 9.10. The molecule has 1 atom stereocenters. The molecule has 5 heteroatoms. The van der Waals surface area contributed by atoms with Crippen LogP contribution in [-0.4, -0.2) is 25.5 Å². The maximum Gasteiger partial charge on any atom is 0.147 e. The molecule has 0 heterocycles. The lowest BCUT2D eigenvalue weighted by molar-refractivity contribution is 0.174. The number of hydrogen-bond acceptors (Lipinski definition) is 3. The van der Waals surface area contributed by atoms with Crippen LogP contribution in [0.5, 0.6) is 0 Å². The first-order valence-electron chi connectivity index (χ1n) is 4.91. The summed E-state index contributed by atoms with van der Waals surface area (Å²) in [6.45, 7) is 1.93. The summed E-state index contributed by atoms with van der Waals surface area (Å²) in [6.07, 6.45) is 0.673. The van der Waals surface area contributed by atoms with Gasteiger partial charge in [-0.3, -0.25) is 0 Å². The van der Waals surface area contributed by atoms with E-state index in [9.17, 15) is 13.5 Å². The van der Waals surface area contributed by atoms with E-state index in [1.54, 1.807) is 6.07 Å². The van der Waals surface area contributed by atoms with Crippen LogP contribution in [0.2, 0.25) is 0 Å². The number of sulfone groups is 1. The van der Waals surface area contributed by atoms with Gasteiger partial charge in [0.05, 0.1) is 11.9 Å². The van der Waals surface area contributed by atoms with Crippen LogP contribution in [0.3, 0.4) is 0 Å².